The Labute approximate surface area is 242 Å². The quantitative estimate of drug-likeness (QED) is 0.0888. The molecule has 0 aromatic heterocycles. The summed E-state index contributed by atoms with van der Waals surface area (Å²) < 4.78 is 0.465. The van der Waals surface area contributed by atoms with Crippen molar-refractivity contribution in [2.45, 2.75) is 71.8 Å². The monoisotopic (exact) mass is 553 g/mol. The molecule has 0 spiro atoms. The number of unbranched alkanes of at least 4 members (excludes halogenated alkanes) is 2. The minimum Gasteiger partial charge on any atom is -0.384 e. The normalized spacial score (nSPS) is 15.9. The Morgan fingerprint density at radius 2 is 1.70 bits per heavy atom. The van der Waals surface area contributed by atoms with Crippen LogP contribution in [0.15, 0.2) is 59.2 Å². The third-order valence-corrected chi connectivity index (χ3v) is 7.43. The van der Waals surface area contributed by atoms with Gasteiger partial charge in [-0.05, 0) is 83.1 Å². The highest BCUT2D eigenvalue weighted by atomic mass is 16.2. The number of nitrogens with zero attached hydrogens (tertiary/aromatic N) is 3. The van der Waals surface area contributed by atoms with Gasteiger partial charge in [-0.3, -0.25) is 14.6 Å². The molecule has 0 radical (unpaired) electrons. The molecule has 1 aliphatic rings. The minimum absolute atomic E-state index is 0.0254. The van der Waals surface area contributed by atoms with Gasteiger partial charge in [0.1, 0.15) is 5.84 Å². The molecular weight excluding hydrogens is 500 g/mol. The van der Waals surface area contributed by atoms with Gasteiger partial charge >= 0.3 is 0 Å². The Kier molecular flexibility index (Phi) is 15.3. The molecule has 1 saturated heterocycles. The Morgan fingerprint density at radius 1 is 1.02 bits per heavy atom. The molecule has 8 heteroatoms. The van der Waals surface area contributed by atoms with Crippen LogP contribution in [0.1, 0.15) is 70.8 Å². The summed E-state index contributed by atoms with van der Waals surface area (Å²) in [6, 6.07) is 9.89. The van der Waals surface area contributed by atoms with Crippen LogP contribution in [0.3, 0.4) is 0 Å². The number of rotatable bonds is 17. The highest BCUT2D eigenvalue weighted by molar-refractivity contribution is 5.93. The summed E-state index contributed by atoms with van der Waals surface area (Å²) in [5, 5.41) is 6.06. The van der Waals surface area contributed by atoms with Gasteiger partial charge in [0, 0.05) is 24.9 Å². The number of hydrogen-bond donors (Lipinski definition) is 3. The molecule has 40 heavy (non-hydrogen) atoms. The zero-order valence-corrected chi connectivity index (χ0v) is 25.2. The number of likely N-dealkylation sites (tertiary alicyclic amines) is 1. The van der Waals surface area contributed by atoms with Crippen molar-refractivity contribution in [1.82, 2.24) is 15.5 Å². The van der Waals surface area contributed by atoms with E-state index in [-0.39, 0.29) is 18.4 Å². The van der Waals surface area contributed by atoms with E-state index in [2.05, 4.69) is 41.1 Å². The molecule has 0 unspecified atom stereocenters. The van der Waals surface area contributed by atoms with Crippen LogP contribution in [-0.4, -0.2) is 79.9 Å². The average molecular weight is 554 g/mol. The molecule has 0 bridgehead atoms. The molecule has 4 N–H and O–H groups in total. The van der Waals surface area contributed by atoms with Gasteiger partial charge < -0.3 is 25.8 Å². The van der Waals surface area contributed by atoms with E-state index < -0.39 is 0 Å². The lowest BCUT2D eigenvalue weighted by molar-refractivity contribution is -0.912. The number of nitrogens with two attached hydrogens (primary N) is 1. The topological polar surface area (TPSA) is 99.8 Å². The second-order valence-electron chi connectivity index (χ2n) is 11.3. The number of hydrogen-bond acceptors (Lipinski definition) is 4. The number of allylic oxidation sites excluding steroid dienone is 1. The van der Waals surface area contributed by atoms with Crippen molar-refractivity contribution in [2.24, 2.45) is 10.7 Å². The number of benzene rings is 1. The van der Waals surface area contributed by atoms with Crippen molar-refractivity contribution >= 4 is 17.6 Å². The molecule has 2 rings (SSSR count). The summed E-state index contributed by atoms with van der Waals surface area (Å²) in [7, 11) is 2.16. The van der Waals surface area contributed by atoms with Crippen LogP contribution < -0.4 is 16.4 Å². The number of nitrogens with one attached hydrogen (secondary N) is 2. The molecule has 1 aromatic carbocycles. The highest BCUT2D eigenvalue weighted by Crippen LogP contribution is 2.19. The molecule has 0 atom stereocenters. The first kappa shape index (κ1) is 33.2. The van der Waals surface area contributed by atoms with E-state index in [0.717, 1.165) is 76.7 Å². The van der Waals surface area contributed by atoms with E-state index in [1.807, 2.05) is 37.3 Å². The summed E-state index contributed by atoms with van der Waals surface area (Å²) in [6.07, 6.45) is 10.4. The molecule has 1 fully saturated rings. The molecular formula is C32H53N6O2+. The number of amidine groups is 1. The summed E-state index contributed by atoms with van der Waals surface area (Å²) in [5.74, 6) is 0.235. The second-order valence-corrected chi connectivity index (χ2v) is 11.3. The van der Waals surface area contributed by atoms with Crippen molar-refractivity contribution in [3.05, 3.63) is 59.8 Å². The summed E-state index contributed by atoms with van der Waals surface area (Å²) in [6.45, 7) is 13.6. The number of quaternary nitrogens is 1. The zero-order chi connectivity index (χ0) is 29.2. The molecule has 0 aliphatic carbocycles. The lowest BCUT2D eigenvalue weighted by atomic mass is 10.2. The van der Waals surface area contributed by atoms with Gasteiger partial charge in [0.05, 0.1) is 13.1 Å². The molecule has 8 nitrogen and oxygen atoms in total. The van der Waals surface area contributed by atoms with Crippen LogP contribution in [0.4, 0.5) is 0 Å². The van der Waals surface area contributed by atoms with Crippen molar-refractivity contribution in [2.75, 3.05) is 52.9 Å². The fourth-order valence-electron chi connectivity index (χ4n) is 5.21. The Balaban J connectivity index is 1.94. The lowest BCUT2D eigenvalue weighted by Crippen LogP contribution is -2.57. The van der Waals surface area contributed by atoms with Gasteiger partial charge in [0.25, 0.3) is 11.8 Å². The van der Waals surface area contributed by atoms with Crippen LogP contribution in [0.2, 0.25) is 0 Å². The number of carbonyl (C=O) groups is 2. The van der Waals surface area contributed by atoms with Crippen LogP contribution in [0.5, 0.6) is 0 Å². The van der Waals surface area contributed by atoms with E-state index in [0.29, 0.717) is 41.2 Å². The highest BCUT2D eigenvalue weighted by Gasteiger charge is 2.34. The zero-order valence-electron chi connectivity index (χ0n) is 25.2. The summed E-state index contributed by atoms with van der Waals surface area (Å²) in [4.78, 5) is 33.1. The van der Waals surface area contributed by atoms with Gasteiger partial charge in [-0.2, -0.15) is 0 Å². The molecule has 222 valence electrons. The van der Waals surface area contributed by atoms with Crippen LogP contribution in [0.25, 0.3) is 0 Å². The van der Waals surface area contributed by atoms with Crippen molar-refractivity contribution in [1.29, 1.82) is 0 Å². The van der Waals surface area contributed by atoms with Gasteiger partial charge in [-0.15, -0.1) is 0 Å². The SMILES string of the molecule is C=C(C)C(=CC(N)=NCCCCCN(C)CCC)NC(=O)C[N+]1(CC(=O)NCc2ccccc2)CCCCCC1. The summed E-state index contributed by atoms with van der Waals surface area (Å²) >= 11 is 0. The first-order valence-electron chi connectivity index (χ1n) is 15.0. The maximum atomic E-state index is 13.3. The van der Waals surface area contributed by atoms with E-state index >= 15 is 0 Å². The standard InChI is InChI=1S/C32H52N6O2/c1-5-19-37(4)20-13-9-12-18-34-30(33)23-29(27(2)3)36-32(40)26-38(21-14-6-7-15-22-38)25-31(39)35-24-28-16-10-8-11-17-28/h8,10-11,16-17,23H,2,5-7,9,12-15,18-22,24-26H2,1,3-4H3,(H3-,33,34,35,36,39,40)/p+1. The van der Waals surface area contributed by atoms with Crippen LogP contribution in [-0.2, 0) is 16.1 Å². The molecule has 1 heterocycles. The van der Waals surface area contributed by atoms with Crippen molar-refractivity contribution in [3.8, 4) is 0 Å². The van der Waals surface area contributed by atoms with E-state index in [1.54, 1.807) is 6.08 Å². The maximum absolute atomic E-state index is 13.3. The average Bonchev–Trinajstić information content (AvgIpc) is 3.14. The fourth-order valence-corrected chi connectivity index (χ4v) is 5.21. The third kappa shape index (κ3) is 13.4. The largest absolute Gasteiger partial charge is 0.384 e. The number of amides is 2. The van der Waals surface area contributed by atoms with E-state index in [1.165, 1.54) is 6.42 Å². The third-order valence-electron chi connectivity index (χ3n) is 7.43. The molecule has 0 saturated carbocycles. The first-order chi connectivity index (χ1) is 19.2. The second kappa shape index (κ2) is 18.4. The van der Waals surface area contributed by atoms with Crippen molar-refractivity contribution in [3.63, 3.8) is 0 Å². The predicted octanol–water partition coefficient (Wildman–Crippen LogP) is 4.14. The molecule has 1 aromatic rings. The molecule has 1 aliphatic heterocycles. The number of carbonyl (C=O) groups excluding carboxylic acids is 2. The lowest BCUT2D eigenvalue weighted by Gasteiger charge is -2.36. The van der Waals surface area contributed by atoms with E-state index in [4.69, 9.17) is 5.73 Å². The van der Waals surface area contributed by atoms with Gasteiger partial charge in [-0.25, -0.2) is 0 Å². The fraction of sp³-hybridized carbons (Fsp3) is 0.594. The summed E-state index contributed by atoms with van der Waals surface area (Å²) in [5.41, 5.74) is 8.54. The smallest absolute Gasteiger partial charge is 0.279 e. The Bertz CT molecular complexity index is 980. The maximum Gasteiger partial charge on any atom is 0.279 e. The minimum atomic E-state index is -0.129. The van der Waals surface area contributed by atoms with E-state index in [9.17, 15) is 9.59 Å². The number of aliphatic imine (C=N–C) groups is 1. The molecule has 2 amide bonds. The predicted molar refractivity (Wildman–Crippen MR) is 166 cm³/mol. The Hall–Kier alpha value is -2.97. The van der Waals surface area contributed by atoms with Gasteiger partial charge in [0.15, 0.2) is 13.1 Å². The van der Waals surface area contributed by atoms with Crippen molar-refractivity contribution < 1.29 is 14.1 Å². The van der Waals surface area contributed by atoms with Gasteiger partial charge in [-0.1, -0.05) is 50.3 Å². The first-order valence-corrected chi connectivity index (χ1v) is 15.0. The van der Waals surface area contributed by atoms with Crippen LogP contribution >= 0.6 is 0 Å². The van der Waals surface area contributed by atoms with Gasteiger partial charge in [0.2, 0.25) is 0 Å². The Morgan fingerprint density at radius 3 is 2.35 bits per heavy atom. The van der Waals surface area contributed by atoms with Crippen LogP contribution in [0, 0.1) is 0 Å².